The molecule has 0 saturated carbocycles. The Morgan fingerprint density at radius 1 is 1.25 bits per heavy atom. The van der Waals surface area contributed by atoms with Crippen molar-refractivity contribution in [3.05, 3.63) is 24.3 Å². The van der Waals surface area contributed by atoms with E-state index in [9.17, 15) is 0 Å². The fraction of sp³-hybridized carbons (Fsp3) is 0.429. The van der Waals surface area contributed by atoms with Crippen LogP contribution in [0, 0.1) is 0 Å². The van der Waals surface area contributed by atoms with Crippen LogP contribution in [-0.4, -0.2) is 33.0 Å². The quantitative estimate of drug-likeness (QED) is 0.445. The average Bonchev–Trinajstić information content (AvgIpc) is 2.82. The van der Waals surface area contributed by atoms with Gasteiger partial charge in [-0.05, 0) is 37.6 Å². The van der Waals surface area contributed by atoms with E-state index < -0.39 is 0 Å². The Balaban J connectivity index is 2.12. The zero-order valence-corrected chi connectivity index (χ0v) is 13.2. The molecule has 0 aliphatic heterocycles. The van der Waals surface area contributed by atoms with Gasteiger partial charge in [-0.2, -0.15) is 0 Å². The predicted octanol–water partition coefficient (Wildman–Crippen LogP) is 3.60. The first-order chi connectivity index (χ1) is 9.76. The van der Waals surface area contributed by atoms with Crippen LogP contribution in [0.15, 0.2) is 29.4 Å². The standard InChI is InChI=1S/C14H18ClN3OS/c1-3-19-12-7-5-11(6-8-12)13-16-17-14(18(13)2)20-10-4-9-15/h5-8H,3-4,9-10H2,1-2H3. The van der Waals surface area contributed by atoms with Crippen LogP contribution in [0.4, 0.5) is 0 Å². The van der Waals surface area contributed by atoms with E-state index in [1.165, 1.54) is 0 Å². The highest BCUT2D eigenvalue weighted by Gasteiger charge is 2.10. The lowest BCUT2D eigenvalue weighted by atomic mass is 10.2. The fourth-order valence-electron chi connectivity index (χ4n) is 1.78. The second-order valence-corrected chi connectivity index (χ2v) is 5.65. The number of benzene rings is 1. The summed E-state index contributed by atoms with van der Waals surface area (Å²) in [5, 5.41) is 9.40. The van der Waals surface area contributed by atoms with Gasteiger partial charge in [0.15, 0.2) is 11.0 Å². The molecule has 0 radical (unpaired) electrons. The lowest BCUT2D eigenvalue weighted by Gasteiger charge is -2.05. The highest BCUT2D eigenvalue weighted by molar-refractivity contribution is 7.99. The van der Waals surface area contributed by atoms with Crippen LogP contribution in [0.25, 0.3) is 11.4 Å². The number of thioether (sulfide) groups is 1. The van der Waals surface area contributed by atoms with Crippen LogP contribution in [0.5, 0.6) is 5.75 Å². The Labute approximate surface area is 128 Å². The van der Waals surface area contributed by atoms with Gasteiger partial charge in [-0.15, -0.1) is 21.8 Å². The van der Waals surface area contributed by atoms with E-state index in [1.54, 1.807) is 11.8 Å². The van der Waals surface area contributed by atoms with Crippen LogP contribution in [0.3, 0.4) is 0 Å². The highest BCUT2D eigenvalue weighted by Crippen LogP contribution is 2.24. The summed E-state index contributed by atoms with van der Waals surface area (Å²) in [5.74, 6) is 3.37. The number of rotatable bonds is 7. The Morgan fingerprint density at radius 3 is 2.65 bits per heavy atom. The van der Waals surface area contributed by atoms with E-state index >= 15 is 0 Å². The fourth-order valence-corrected chi connectivity index (χ4v) is 2.92. The van der Waals surface area contributed by atoms with Gasteiger partial charge < -0.3 is 9.30 Å². The number of nitrogens with zero attached hydrogens (tertiary/aromatic N) is 3. The Hall–Kier alpha value is -1.20. The van der Waals surface area contributed by atoms with Crippen molar-refractivity contribution in [3.8, 4) is 17.1 Å². The van der Waals surface area contributed by atoms with Crippen molar-refractivity contribution in [2.45, 2.75) is 18.5 Å². The van der Waals surface area contributed by atoms with Gasteiger partial charge >= 0.3 is 0 Å². The minimum Gasteiger partial charge on any atom is -0.494 e. The van der Waals surface area contributed by atoms with Crippen LogP contribution in [0.1, 0.15) is 13.3 Å². The molecule has 0 saturated heterocycles. The molecule has 0 atom stereocenters. The van der Waals surface area contributed by atoms with Crippen molar-refractivity contribution in [3.63, 3.8) is 0 Å². The van der Waals surface area contributed by atoms with Crippen molar-refractivity contribution in [1.82, 2.24) is 14.8 Å². The van der Waals surface area contributed by atoms with E-state index in [0.29, 0.717) is 12.5 Å². The molecule has 0 amide bonds. The van der Waals surface area contributed by atoms with Crippen molar-refractivity contribution in [2.24, 2.45) is 7.05 Å². The van der Waals surface area contributed by atoms with Gasteiger partial charge in [0.05, 0.1) is 6.61 Å². The van der Waals surface area contributed by atoms with Gasteiger partial charge in [0, 0.05) is 24.2 Å². The number of halogens is 1. The Kier molecular flexibility index (Phi) is 5.73. The molecule has 0 unspecified atom stereocenters. The molecule has 0 spiro atoms. The Bertz CT molecular complexity index is 542. The van der Waals surface area contributed by atoms with E-state index in [-0.39, 0.29) is 0 Å². The molecular weight excluding hydrogens is 294 g/mol. The lowest BCUT2D eigenvalue weighted by Crippen LogP contribution is -1.96. The molecule has 108 valence electrons. The molecule has 2 aromatic rings. The van der Waals surface area contributed by atoms with Crippen LogP contribution < -0.4 is 4.74 Å². The predicted molar refractivity (Wildman–Crippen MR) is 83.7 cm³/mol. The minimum absolute atomic E-state index is 0.671. The lowest BCUT2D eigenvalue weighted by molar-refractivity contribution is 0.340. The summed E-state index contributed by atoms with van der Waals surface area (Å²) in [6.45, 7) is 2.64. The van der Waals surface area contributed by atoms with Gasteiger partial charge in [-0.25, -0.2) is 0 Å². The second-order valence-electron chi connectivity index (χ2n) is 4.21. The third kappa shape index (κ3) is 3.67. The SMILES string of the molecule is CCOc1ccc(-c2nnc(SCCCCl)n2C)cc1. The normalized spacial score (nSPS) is 10.8. The summed E-state index contributed by atoms with van der Waals surface area (Å²) < 4.78 is 7.45. The zero-order chi connectivity index (χ0) is 14.4. The largest absolute Gasteiger partial charge is 0.494 e. The molecule has 1 heterocycles. The molecular formula is C14H18ClN3OS. The maximum Gasteiger partial charge on any atom is 0.191 e. The molecule has 0 aliphatic carbocycles. The van der Waals surface area contributed by atoms with Crippen LogP contribution >= 0.6 is 23.4 Å². The van der Waals surface area contributed by atoms with Crippen molar-refractivity contribution < 1.29 is 4.74 Å². The molecule has 1 aromatic heterocycles. The number of hydrogen-bond acceptors (Lipinski definition) is 4. The maximum absolute atomic E-state index is 5.68. The molecule has 2 rings (SSSR count). The van der Waals surface area contributed by atoms with Gasteiger partial charge in [-0.1, -0.05) is 11.8 Å². The number of aromatic nitrogens is 3. The molecule has 0 fully saturated rings. The molecule has 6 heteroatoms. The molecule has 0 aliphatic rings. The molecule has 20 heavy (non-hydrogen) atoms. The van der Waals surface area contributed by atoms with E-state index in [1.807, 2.05) is 42.8 Å². The first-order valence-corrected chi connectivity index (χ1v) is 8.09. The summed E-state index contributed by atoms with van der Waals surface area (Å²) in [7, 11) is 1.98. The van der Waals surface area contributed by atoms with Crippen LogP contribution in [0.2, 0.25) is 0 Å². The van der Waals surface area contributed by atoms with Gasteiger partial charge in [0.1, 0.15) is 5.75 Å². The van der Waals surface area contributed by atoms with E-state index in [4.69, 9.17) is 16.3 Å². The summed E-state index contributed by atoms with van der Waals surface area (Å²) in [4.78, 5) is 0. The first kappa shape index (κ1) is 15.2. The van der Waals surface area contributed by atoms with Crippen LogP contribution in [-0.2, 0) is 7.05 Å². The highest BCUT2D eigenvalue weighted by atomic mass is 35.5. The van der Waals surface area contributed by atoms with E-state index in [2.05, 4.69) is 10.2 Å². The molecule has 0 bridgehead atoms. The van der Waals surface area contributed by atoms with Crippen molar-refractivity contribution in [2.75, 3.05) is 18.2 Å². The summed E-state index contributed by atoms with van der Waals surface area (Å²) in [5.41, 5.74) is 1.03. The molecule has 1 aromatic carbocycles. The van der Waals surface area contributed by atoms with Gasteiger partial charge in [-0.3, -0.25) is 0 Å². The smallest absolute Gasteiger partial charge is 0.191 e. The van der Waals surface area contributed by atoms with Crippen molar-refractivity contribution in [1.29, 1.82) is 0 Å². The summed E-state index contributed by atoms with van der Waals surface area (Å²) in [6.07, 6.45) is 0.970. The number of ether oxygens (including phenoxy) is 1. The zero-order valence-electron chi connectivity index (χ0n) is 11.7. The number of alkyl halides is 1. The summed E-state index contributed by atoms with van der Waals surface area (Å²) >= 11 is 7.36. The van der Waals surface area contributed by atoms with Gasteiger partial charge in [0.25, 0.3) is 0 Å². The maximum atomic E-state index is 5.68. The van der Waals surface area contributed by atoms with Gasteiger partial charge in [0.2, 0.25) is 0 Å². The average molecular weight is 312 g/mol. The number of hydrogen-bond donors (Lipinski definition) is 0. The third-order valence-electron chi connectivity index (χ3n) is 2.77. The first-order valence-electron chi connectivity index (χ1n) is 6.57. The molecule has 4 nitrogen and oxygen atoms in total. The van der Waals surface area contributed by atoms with Crippen molar-refractivity contribution >= 4 is 23.4 Å². The second kappa shape index (κ2) is 7.55. The topological polar surface area (TPSA) is 39.9 Å². The van der Waals surface area contributed by atoms with E-state index in [0.717, 1.165) is 34.5 Å². The minimum atomic E-state index is 0.671. The Morgan fingerprint density at radius 2 is 2.00 bits per heavy atom. The molecule has 0 N–H and O–H groups in total. The third-order valence-corrected chi connectivity index (χ3v) is 4.14. The monoisotopic (exact) mass is 311 g/mol. The summed E-state index contributed by atoms with van der Waals surface area (Å²) in [6, 6.07) is 7.91.